The highest BCUT2D eigenvalue weighted by Gasteiger charge is 2.23. The van der Waals surface area contributed by atoms with Crippen molar-refractivity contribution in [1.29, 1.82) is 0 Å². The second-order valence-electron chi connectivity index (χ2n) is 2.64. The van der Waals surface area contributed by atoms with Gasteiger partial charge < -0.3 is 10.8 Å². The molecule has 15 heavy (non-hydrogen) atoms. The number of nitrogen functional groups attached to an aromatic ring is 1. The fraction of sp³-hybridized carbons (Fsp3) is 0.286. The molecule has 0 saturated carbocycles. The zero-order valence-corrected chi connectivity index (χ0v) is 7.35. The van der Waals surface area contributed by atoms with E-state index in [1.165, 1.54) is 0 Å². The number of alkyl halides is 2. The van der Waals surface area contributed by atoms with Gasteiger partial charge in [0.2, 0.25) is 0 Å². The van der Waals surface area contributed by atoms with Crippen molar-refractivity contribution < 1.29 is 18.8 Å². The van der Waals surface area contributed by atoms with Gasteiger partial charge in [0.25, 0.3) is 6.43 Å². The van der Waals surface area contributed by atoms with Gasteiger partial charge in [0.1, 0.15) is 17.6 Å². The number of anilines is 1. The van der Waals surface area contributed by atoms with E-state index in [1.54, 1.807) is 0 Å². The monoisotopic (exact) mass is 219 g/mol. The summed E-state index contributed by atoms with van der Waals surface area (Å²) in [5, 5.41) is 19.2. The molecule has 0 aliphatic rings. The molecule has 0 spiro atoms. The van der Waals surface area contributed by atoms with Gasteiger partial charge in [0.15, 0.2) is 0 Å². The van der Waals surface area contributed by atoms with Crippen molar-refractivity contribution >= 4 is 11.4 Å². The van der Waals surface area contributed by atoms with Crippen molar-refractivity contribution in [2.75, 3.05) is 5.73 Å². The zero-order chi connectivity index (χ0) is 11.6. The molecule has 0 aliphatic heterocycles. The van der Waals surface area contributed by atoms with Crippen LogP contribution in [0.1, 0.15) is 17.7 Å². The number of hydrogen-bond donors (Lipinski definition) is 2. The Morgan fingerprint density at radius 2 is 2.27 bits per heavy atom. The third-order valence-corrected chi connectivity index (χ3v) is 1.80. The maximum atomic E-state index is 12.3. The summed E-state index contributed by atoms with van der Waals surface area (Å²) in [5.74, 6) is 0. The summed E-state index contributed by atoms with van der Waals surface area (Å²) in [6.07, 6.45) is -2.29. The highest BCUT2D eigenvalue weighted by molar-refractivity contribution is 5.63. The number of aliphatic hydroxyl groups is 1. The number of aromatic nitrogens is 1. The standard InChI is InChI=1S/C7H7F2N3O3/c8-7(9)6-3(2-13)5(10)4(1-11-6)12(14)15/h1,7,13H,2H2,(H2,10,11). The van der Waals surface area contributed by atoms with E-state index < -0.39 is 40.6 Å². The first-order valence-electron chi connectivity index (χ1n) is 3.79. The summed E-state index contributed by atoms with van der Waals surface area (Å²) in [6, 6.07) is 0. The molecule has 3 N–H and O–H groups in total. The molecule has 0 amide bonds. The van der Waals surface area contributed by atoms with Gasteiger partial charge in [-0.05, 0) is 0 Å². The van der Waals surface area contributed by atoms with Gasteiger partial charge in [-0.25, -0.2) is 13.8 Å². The molecular formula is C7H7F2N3O3. The number of rotatable bonds is 3. The van der Waals surface area contributed by atoms with Crippen molar-refractivity contribution in [2.45, 2.75) is 13.0 Å². The third-order valence-electron chi connectivity index (χ3n) is 1.80. The molecule has 8 heteroatoms. The van der Waals surface area contributed by atoms with Gasteiger partial charge in [0.05, 0.1) is 11.5 Å². The molecule has 0 atom stereocenters. The smallest absolute Gasteiger partial charge is 0.310 e. The van der Waals surface area contributed by atoms with E-state index >= 15 is 0 Å². The maximum absolute atomic E-state index is 12.3. The zero-order valence-electron chi connectivity index (χ0n) is 7.35. The molecule has 1 aromatic heterocycles. The predicted molar refractivity (Wildman–Crippen MR) is 46.2 cm³/mol. The lowest BCUT2D eigenvalue weighted by atomic mass is 10.1. The minimum absolute atomic E-state index is 0.404. The van der Waals surface area contributed by atoms with Crippen LogP contribution in [0, 0.1) is 10.1 Å². The van der Waals surface area contributed by atoms with E-state index in [-0.39, 0.29) is 0 Å². The molecule has 0 saturated heterocycles. The quantitative estimate of drug-likeness (QED) is 0.583. The number of pyridine rings is 1. The van der Waals surface area contributed by atoms with Gasteiger partial charge in [-0.2, -0.15) is 0 Å². The van der Waals surface area contributed by atoms with E-state index in [9.17, 15) is 18.9 Å². The van der Waals surface area contributed by atoms with Crippen LogP contribution in [-0.4, -0.2) is 15.0 Å². The van der Waals surface area contributed by atoms with Crippen LogP contribution >= 0.6 is 0 Å². The normalized spacial score (nSPS) is 10.7. The average Bonchev–Trinajstić information content (AvgIpc) is 2.16. The Hall–Kier alpha value is -1.83. The minimum Gasteiger partial charge on any atom is -0.393 e. The predicted octanol–water partition coefficient (Wildman–Crippen LogP) is 1.00. The average molecular weight is 219 g/mol. The van der Waals surface area contributed by atoms with Crippen LogP contribution in [-0.2, 0) is 6.61 Å². The molecule has 1 heterocycles. The number of aliphatic hydroxyl groups excluding tert-OH is 1. The molecule has 0 aromatic carbocycles. The topological polar surface area (TPSA) is 102 Å². The molecular weight excluding hydrogens is 212 g/mol. The first-order chi connectivity index (χ1) is 6.99. The van der Waals surface area contributed by atoms with E-state index in [1.807, 2.05) is 0 Å². The molecule has 0 fully saturated rings. The number of nitro groups is 1. The van der Waals surface area contributed by atoms with Crippen molar-refractivity contribution in [3.63, 3.8) is 0 Å². The Kier molecular flexibility index (Phi) is 3.10. The Morgan fingerprint density at radius 3 is 2.67 bits per heavy atom. The van der Waals surface area contributed by atoms with Crippen molar-refractivity contribution in [3.05, 3.63) is 27.6 Å². The van der Waals surface area contributed by atoms with Crippen molar-refractivity contribution in [3.8, 4) is 0 Å². The van der Waals surface area contributed by atoms with E-state index in [0.717, 1.165) is 0 Å². The molecule has 82 valence electrons. The van der Waals surface area contributed by atoms with Gasteiger partial charge in [-0.3, -0.25) is 10.1 Å². The van der Waals surface area contributed by atoms with Crippen LogP contribution in [0.2, 0.25) is 0 Å². The maximum Gasteiger partial charge on any atom is 0.310 e. The van der Waals surface area contributed by atoms with Crippen LogP contribution in [0.25, 0.3) is 0 Å². The lowest BCUT2D eigenvalue weighted by Crippen LogP contribution is -2.07. The number of hydrogen-bond acceptors (Lipinski definition) is 5. The Labute approximate surface area is 82.5 Å². The first-order valence-corrected chi connectivity index (χ1v) is 3.79. The van der Waals surface area contributed by atoms with Crippen LogP contribution < -0.4 is 5.73 Å². The van der Waals surface area contributed by atoms with Crippen molar-refractivity contribution in [2.24, 2.45) is 0 Å². The Morgan fingerprint density at radius 1 is 1.67 bits per heavy atom. The van der Waals surface area contributed by atoms with Crippen LogP contribution in [0.15, 0.2) is 6.20 Å². The number of nitrogens with zero attached hydrogens (tertiary/aromatic N) is 2. The summed E-state index contributed by atoms with van der Waals surface area (Å²) < 4.78 is 24.7. The first kappa shape index (κ1) is 11.2. The molecule has 1 rings (SSSR count). The Bertz CT molecular complexity index is 397. The van der Waals surface area contributed by atoms with E-state index in [2.05, 4.69) is 4.98 Å². The van der Waals surface area contributed by atoms with Gasteiger partial charge in [-0.1, -0.05) is 0 Å². The molecule has 1 aromatic rings. The fourth-order valence-electron chi connectivity index (χ4n) is 1.07. The second-order valence-corrected chi connectivity index (χ2v) is 2.64. The van der Waals surface area contributed by atoms with Gasteiger partial charge >= 0.3 is 5.69 Å². The molecule has 0 radical (unpaired) electrons. The summed E-state index contributed by atoms with van der Waals surface area (Å²) in [6.45, 7) is -0.819. The van der Waals surface area contributed by atoms with Crippen LogP contribution in [0.3, 0.4) is 0 Å². The van der Waals surface area contributed by atoms with Crippen molar-refractivity contribution in [1.82, 2.24) is 4.98 Å². The summed E-state index contributed by atoms with van der Waals surface area (Å²) in [5.41, 5.74) is 3.05. The fourth-order valence-corrected chi connectivity index (χ4v) is 1.07. The summed E-state index contributed by atoms with van der Waals surface area (Å²) in [4.78, 5) is 12.7. The van der Waals surface area contributed by atoms with E-state index in [0.29, 0.717) is 6.20 Å². The Balaban J connectivity index is 3.39. The largest absolute Gasteiger partial charge is 0.393 e. The summed E-state index contributed by atoms with van der Waals surface area (Å²) >= 11 is 0. The lowest BCUT2D eigenvalue weighted by molar-refractivity contribution is -0.384. The van der Waals surface area contributed by atoms with E-state index in [4.69, 9.17) is 10.8 Å². The number of halogens is 2. The SMILES string of the molecule is Nc1c([N+](=O)[O-])cnc(C(F)F)c1CO. The molecule has 0 aliphatic carbocycles. The highest BCUT2D eigenvalue weighted by atomic mass is 19.3. The van der Waals surface area contributed by atoms with Crippen LogP contribution in [0.4, 0.5) is 20.2 Å². The van der Waals surface area contributed by atoms with Gasteiger partial charge in [-0.15, -0.1) is 0 Å². The second kappa shape index (κ2) is 4.13. The van der Waals surface area contributed by atoms with Gasteiger partial charge in [0, 0.05) is 5.56 Å². The molecule has 0 unspecified atom stereocenters. The summed E-state index contributed by atoms with van der Waals surface area (Å²) in [7, 11) is 0. The molecule has 0 bridgehead atoms. The van der Waals surface area contributed by atoms with Crippen LogP contribution in [0.5, 0.6) is 0 Å². The third kappa shape index (κ3) is 1.99. The highest BCUT2D eigenvalue weighted by Crippen LogP contribution is 2.30. The minimum atomic E-state index is -2.93. The number of nitrogens with two attached hydrogens (primary N) is 1. The molecule has 6 nitrogen and oxygen atoms in total. The lowest BCUT2D eigenvalue weighted by Gasteiger charge is -2.08.